The van der Waals surface area contributed by atoms with Crippen LogP contribution >= 0.6 is 23.2 Å². The molecule has 0 aromatic heterocycles. The maximum Gasteiger partial charge on any atom is 0.305 e. The summed E-state index contributed by atoms with van der Waals surface area (Å²) in [6, 6.07) is 10.9. The van der Waals surface area contributed by atoms with Crippen molar-refractivity contribution in [2.75, 3.05) is 13.7 Å². The number of ketones is 2. The minimum Gasteiger partial charge on any atom is -0.493 e. The van der Waals surface area contributed by atoms with Crippen LogP contribution in [0.5, 0.6) is 11.5 Å². The van der Waals surface area contributed by atoms with Crippen LogP contribution in [0, 0.1) is 0 Å². The summed E-state index contributed by atoms with van der Waals surface area (Å²) in [7, 11) is 1.52. The number of hydrogen-bond acceptors (Lipinski definition) is 6. The van der Waals surface area contributed by atoms with Gasteiger partial charge in [-0.1, -0.05) is 35.3 Å². The third-order valence-corrected chi connectivity index (χ3v) is 8.01. The molecule has 204 valence electrons. The van der Waals surface area contributed by atoms with Gasteiger partial charge in [0.15, 0.2) is 23.1 Å². The molecule has 0 radical (unpaired) electrons. The van der Waals surface area contributed by atoms with Crippen LogP contribution in [0.4, 0.5) is 0 Å². The van der Waals surface area contributed by atoms with E-state index in [0.29, 0.717) is 76.8 Å². The van der Waals surface area contributed by atoms with Gasteiger partial charge in [0.05, 0.1) is 18.6 Å². The fraction of sp³-hybridized carbons (Fsp3) is 0.367. The van der Waals surface area contributed by atoms with Gasteiger partial charge in [0, 0.05) is 52.9 Å². The minimum atomic E-state index is -0.921. The molecular weight excluding hydrogens is 541 g/mol. The van der Waals surface area contributed by atoms with E-state index >= 15 is 0 Å². The number of methoxy groups -OCH3 is 1. The number of halogens is 2. The lowest BCUT2D eigenvalue weighted by Gasteiger charge is -2.44. The summed E-state index contributed by atoms with van der Waals surface area (Å²) in [5.41, 5.74) is 4.31. The number of benzene rings is 2. The molecule has 0 saturated carbocycles. The van der Waals surface area contributed by atoms with Crippen LogP contribution in [0.25, 0.3) is 0 Å². The van der Waals surface area contributed by atoms with Gasteiger partial charge in [0.2, 0.25) is 0 Å². The standard InChI is InChI=1S/C30H29Cl2NO6/c1-38-25-15-18(14-20(32)30(25)39-16-17-5-2-6-19(31)13-17)27-28-21(7-3-9-23(28)34)33(12-11-26(36)37)22-8-4-10-24(35)29(22)27/h2,5-6,13-15,27H,3-4,7-12,16H2,1H3,(H,36,37). The first-order valence-electron chi connectivity index (χ1n) is 13.0. The maximum atomic E-state index is 13.4. The first-order chi connectivity index (χ1) is 18.8. The molecule has 0 bridgehead atoms. The van der Waals surface area contributed by atoms with E-state index in [9.17, 15) is 19.5 Å². The van der Waals surface area contributed by atoms with Gasteiger partial charge in [0.25, 0.3) is 0 Å². The molecule has 1 aliphatic heterocycles. The highest BCUT2D eigenvalue weighted by atomic mass is 35.5. The number of carbonyl (C=O) groups is 3. The largest absolute Gasteiger partial charge is 0.493 e. The Bertz CT molecular complexity index is 1370. The van der Waals surface area contributed by atoms with Gasteiger partial charge in [-0.2, -0.15) is 0 Å². The Balaban J connectivity index is 1.59. The number of rotatable bonds is 8. The molecule has 2 aromatic carbocycles. The third kappa shape index (κ3) is 5.43. The number of carboxylic acid groups (broad SMARTS) is 1. The highest BCUT2D eigenvalue weighted by molar-refractivity contribution is 6.32. The molecule has 7 nitrogen and oxygen atoms in total. The number of aliphatic carboxylic acids is 1. The molecule has 0 saturated heterocycles. The van der Waals surface area contributed by atoms with E-state index in [-0.39, 0.29) is 31.1 Å². The zero-order valence-electron chi connectivity index (χ0n) is 21.6. The number of hydrogen-bond donors (Lipinski definition) is 1. The Labute approximate surface area is 237 Å². The van der Waals surface area contributed by atoms with Gasteiger partial charge in [0.1, 0.15) is 6.61 Å². The predicted molar refractivity (Wildman–Crippen MR) is 147 cm³/mol. The number of nitrogens with zero attached hydrogens (tertiary/aromatic N) is 1. The van der Waals surface area contributed by atoms with Crippen LogP contribution in [-0.4, -0.2) is 41.2 Å². The number of allylic oxidation sites excluding steroid dienone is 4. The molecule has 3 aliphatic rings. The fourth-order valence-electron chi connectivity index (χ4n) is 5.86. The van der Waals surface area contributed by atoms with E-state index in [2.05, 4.69) is 0 Å². The summed E-state index contributed by atoms with van der Waals surface area (Å²) >= 11 is 12.9. The average Bonchev–Trinajstić information content (AvgIpc) is 2.90. The first-order valence-corrected chi connectivity index (χ1v) is 13.8. The van der Waals surface area contributed by atoms with Crippen molar-refractivity contribution in [1.29, 1.82) is 0 Å². The summed E-state index contributed by atoms with van der Waals surface area (Å²) in [5, 5.41) is 10.3. The SMILES string of the molecule is COc1cc(C2C3=C(CCCC3=O)N(CCC(=O)O)C3=C2C(=O)CCC3)cc(Cl)c1OCc1cccc(Cl)c1. The van der Waals surface area contributed by atoms with Crippen LogP contribution in [0.1, 0.15) is 62.0 Å². The Morgan fingerprint density at radius 3 is 2.26 bits per heavy atom. The molecule has 0 spiro atoms. The number of carbonyl (C=O) groups excluding carboxylic acids is 2. The second-order valence-electron chi connectivity index (χ2n) is 9.96. The maximum absolute atomic E-state index is 13.4. The number of ether oxygens (including phenoxy) is 2. The monoisotopic (exact) mass is 569 g/mol. The zero-order chi connectivity index (χ0) is 27.7. The predicted octanol–water partition coefficient (Wildman–Crippen LogP) is 6.47. The van der Waals surface area contributed by atoms with Gasteiger partial charge < -0.3 is 19.5 Å². The van der Waals surface area contributed by atoms with Crippen LogP contribution in [0.2, 0.25) is 10.0 Å². The molecule has 0 fully saturated rings. The molecule has 0 unspecified atom stereocenters. The van der Waals surface area contributed by atoms with Gasteiger partial charge in [-0.25, -0.2) is 0 Å². The average molecular weight is 570 g/mol. The molecule has 39 heavy (non-hydrogen) atoms. The molecule has 5 rings (SSSR count). The molecule has 0 atom stereocenters. The van der Waals surface area contributed by atoms with E-state index < -0.39 is 11.9 Å². The second kappa shape index (κ2) is 11.4. The minimum absolute atomic E-state index is 0.0251. The molecular formula is C30H29Cl2NO6. The smallest absolute Gasteiger partial charge is 0.305 e. The Morgan fingerprint density at radius 1 is 1.00 bits per heavy atom. The van der Waals surface area contributed by atoms with E-state index in [1.807, 2.05) is 17.0 Å². The number of Topliss-reactive ketones (excluding diaryl/α,β-unsaturated/α-hetero) is 2. The second-order valence-corrected chi connectivity index (χ2v) is 10.8. The van der Waals surface area contributed by atoms with E-state index in [0.717, 1.165) is 17.0 Å². The summed E-state index contributed by atoms with van der Waals surface area (Å²) in [4.78, 5) is 40.2. The van der Waals surface area contributed by atoms with Crippen LogP contribution < -0.4 is 9.47 Å². The van der Waals surface area contributed by atoms with E-state index in [1.54, 1.807) is 24.3 Å². The molecule has 2 aliphatic carbocycles. The lowest BCUT2D eigenvalue weighted by Crippen LogP contribution is -2.39. The van der Waals surface area contributed by atoms with Crippen LogP contribution in [0.3, 0.4) is 0 Å². The van der Waals surface area contributed by atoms with Crippen LogP contribution in [0.15, 0.2) is 58.9 Å². The Kier molecular flexibility index (Phi) is 8.01. The van der Waals surface area contributed by atoms with Gasteiger partial charge >= 0.3 is 5.97 Å². The van der Waals surface area contributed by atoms with Gasteiger partial charge in [-0.05, 0) is 61.1 Å². The lowest BCUT2D eigenvalue weighted by molar-refractivity contribution is -0.137. The molecule has 1 heterocycles. The van der Waals surface area contributed by atoms with Gasteiger partial charge in [-0.15, -0.1) is 0 Å². The summed E-state index contributed by atoms with van der Waals surface area (Å²) in [5.74, 6) is -0.815. The van der Waals surface area contributed by atoms with Crippen molar-refractivity contribution < 1.29 is 29.0 Å². The molecule has 2 aromatic rings. The highest BCUT2D eigenvalue weighted by Crippen LogP contribution is 2.51. The van der Waals surface area contributed by atoms with Crippen LogP contribution in [-0.2, 0) is 21.0 Å². The zero-order valence-corrected chi connectivity index (χ0v) is 23.1. The Morgan fingerprint density at radius 2 is 1.67 bits per heavy atom. The van der Waals surface area contributed by atoms with Crippen molar-refractivity contribution in [3.05, 3.63) is 80.1 Å². The van der Waals surface area contributed by atoms with E-state index in [4.69, 9.17) is 32.7 Å². The third-order valence-electron chi connectivity index (χ3n) is 7.49. The van der Waals surface area contributed by atoms with E-state index in [1.165, 1.54) is 7.11 Å². The molecule has 1 N–H and O–H groups in total. The molecule has 9 heteroatoms. The lowest BCUT2D eigenvalue weighted by atomic mass is 9.71. The topological polar surface area (TPSA) is 93.1 Å². The first kappa shape index (κ1) is 27.3. The van der Waals surface area contributed by atoms with Gasteiger partial charge in [-0.3, -0.25) is 14.4 Å². The number of carboxylic acids is 1. The highest BCUT2D eigenvalue weighted by Gasteiger charge is 2.43. The quantitative estimate of drug-likeness (QED) is 0.389. The van der Waals surface area contributed by atoms with Crippen molar-refractivity contribution in [3.63, 3.8) is 0 Å². The summed E-state index contributed by atoms with van der Waals surface area (Å²) < 4.78 is 11.7. The normalized spacial score (nSPS) is 17.8. The van der Waals surface area contributed by atoms with Crippen molar-refractivity contribution >= 4 is 40.7 Å². The summed E-state index contributed by atoms with van der Waals surface area (Å²) in [6.07, 6.45) is 3.34. The van der Waals surface area contributed by atoms with Crippen molar-refractivity contribution in [3.8, 4) is 11.5 Å². The molecule has 0 amide bonds. The van der Waals surface area contributed by atoms with Crippen molar-refractivity contribution in [1.82, 2.24) is 4.90 Å². The summed E-state index contributed by atoms with van der Waals surface area (Å²) in [6.45, 7) is 0.445. The fourth-order valence-corrected chi connectivity index (χ4v) is 6.34. The Hall–Kier alpha value is -3.29. The van der Waals surface area contributed by atoms with Crippen molar-refractivity contribution in [2.45, 2.75) is 57.5 Å². The van der Waals surface area contributed by atoms with Crippen molar-refractivity contribution in [2.24, 2.45) is 0 Å².